The van der Waals surface area contributed by atoms with Crippen molar-refractivity contribution < 1.29 is 22.7 Å². The molecule has 0 spiro atoms. The molecule has 0 unspecified atom stereocenters. The zero-order valence-electron chi connectivity index (χ0n) is 20.9. The Hall–Kier alpha value is -3.12. The fourth-order valence-electron chi connectivity index (χ4n) is 3.97. The minimum Gasteiger partial charge on any atom is -0.454 e. The van der Waals surface area contributed by atoms with Crippen molar-refractivity contribution in [1.29, 1.82) is 0 Å². The van der Waals surface area contributed by atoms with E-state index in [9.17, 15) is 18.0 Å². The normalized spacial score (nSPS) is 13.9. The lowest BCUT2D eigenvalue weighted by Gasteiger charge is -2.22. The first-order valence-corrected chi connectivity index (χ1v) is 15.0. The number of rotatable bonds is 10. The third-order valence-corrected chi connectivity index (χ3v) is 8.30. The van der Waals surface area contributed by atoms with Crippen LogP contribution in [0.3, 0.4) is 0 Å². The van der Waals surface area contributed by atoms with Crippen LogP contribution >= 0.6 is 27.5 Å². The Labute approximate surface area is 240 Å². The monoisotopic (exact) mass is 634 g/mol. The highest BCUT2D eigenvalue weighted by atomic mass is 79.9. The number of benzene rings is 3. The standard InChI is InChI=1S/C27H28BrClN4O5S/c28-20-7-10-24(22(29)15-20)38-25-4-2-1-3-23(25)33-39(36,37)21-8-5-19(6-9-21)27(35)32-17-26(34)31-16-18-11-13-30-14-12-18/h1-10,15,18,30,33H,11-14,16-17H2,(H,31,34)(H,32,35). The summed E-state index contributed by atoms with van der Waals surface area (Å²) in [5.74, 6) is 0.317. The van der Waals surface area contributed by atoms with Gasteiger partial charge in [-0.15, -0.1) is 0 Å². The molecule has 1 saturated heterocycles. The number of amides is 2. The van der Waals surface area contributed by atoms with E-state index < -0.39 is 15.9 Å². The molecule has 0 atom stereocenters. The van der Waals surface area contributed by atoms with Crippen LogP contribution in [0.4, 0.5) is 5.69 Å². The quantitative estimate of drug-likeness (QED) is 0.259. The number of anilines is 1. The van der Waals surface area contributed by atoms with Crippen molar-refractivity contribution in [1.82, 2.24) is 16.0 Å². The number of halogens is 2. The molecule has 39 heavy (non-hydrogen) atoms. The Bertz CT molecular complexity index is 1430. The SMILES string of the molecule is O=C(CNC(=O)c1ccc(S(=O)(=O)Nc2ccccc2Oc2ccc(Br)cc2Cl)cc1)NCC1CCNCC1. The summed E-state index contributed by atoms with van der Waals surface area (Å²) >= 11 is 9.57. The van der Waals surface area contributed by atoms with Gasteiger partial charge in [-0.2, -0.15) is 0 Å². The van der Waals surface area contributed by atoms with Crippen LogP contribution < -0.4 is 25.4 Å². The number of nitrogens with one attached hydrogen (secondary N) is 4. The average Bonchev–Trinajstić information content (AvgIpc) is 2.93. The van der Waals surface area contributed by atoms with E-state index in [4.69, 9.17) is 16.3 Å². The molecule has 0 aliphatic carbocycles. The van der Waals surface area contributed by atoms with Crippen LogP contribution in [-0.4, -0.2) is 46.4 Å². The lowest BCUT2D eigenvalue weighted by molar-refractivity contribution is -0.120. The highest BCUT2D eigenvalue weighted by Gasteiger charge is 2.19. The van der Waals surface area contributed by atoms with Crippen molar-refractivity contribution in [2.75, 3.05) is 30.9 Å². The Morgan fingerprint density at radius 3 is 2.41 bits per heavy atom. The van der Waals surface area contributed by atoms with Crippen molar-refractivity contribution in [3.63, 3.8) is 0 Å². The second-order valence-corrected chi connectivity index (χ2v) is 12.0. The molecule has 0 radical (unpaired) electrons. The molecule has 4 rings (SSSR count). The molecule has 0 aromatic heterocycles. The maximum absolute atomic E-state index is 13.1. The number of carbonyl (C=O) groups is 2. The van der Waals surface area contributed by atoms with Crippen molar-refractivity contribution in [3.8, 4) is 11.5 Å². The van der Waals surface area contributed by atoms with Gasteiger partial charge in [-0.25, -0.2) is 8.42 Å². The number of sulfonamides is 1. The molecule has 9 nitrogen and oxygen atoms in total. The molecule has 3 aromatic rings. The van der Waals surface area contributed by atoms with Crippen LogP contribution in [0.15, 0.2) is 76.1 Å². The largest absolute Gasteiger partial charge is 0.454 e. The first-order chi connectivity index (χ1) is 18.7. The summed E-state index contributed by atoms with van der Waals surface area (Å²) in [6.45, 7) is 2.31. The Morgan fingerprint density at radius 1 is 0.974 bits per heavy atom. The molecule has 206 valence electrons. The smallest absolute Gasteiger partial charge is 0.262 e. The predicted molar refractivity (Wildman–Crippen MR) is 154 cm³/mol. The van der Waals surface area contributed by atoms with E-state index in [-0.39, 0.29) is 34.3 Å². The van der Waals surface area contributed by atoms with Crippen molar-refractivity contribution in [3.05, 3.63) is 81.8 Å². The topological polar surface area (TPSA) is 126 Å². The van der Waals surface area contributed by atoms with E-state index in [0.29, 0.717) is 23.2 Å². The van der Waals surface area contributed by atoms with E-state index in [1.807, 2.05) is 0 Å². The molecule has 2 amide bonds. The highest BCUT2D eigenvalue weighted by Crippen LogP contribution is 2.35. The minimum absolute atomic E-state index is 0.0461. The number of carbonyl (C=O) groups excluding carboxylic acids is 2. The van der Waals surface area contributed by atoms with Crippen molar-refractivity contribution >= 4 is 55.1 Å². The molecule has 1 fully saturated rings. The molecule has 0 saturated carbocycles. The van der Waals surface area contributed by atoms with Gasteiger partial charge in [0.25, 0.3) is 15.9 Å². The summed E-state index contributed by atoms with van der Waals surface area (Å²) in [5, 5.41) is 9.05. The van der Waals surface area contributed by atoms with Gasteiger partial charge in [0.2, 0.25) is 5.91 Å². The predicted octanol–water partition coefficient (Wildman–Crippen LogP) is 4.54. The maximum Gasteiger partial charge on any atom is 0.262 e. The second kappa shape index (κ2) is 13.3. The molecule has 0 bridgehead atoms. The maximum atomic E-state index is 13.1. The summed E-state index contributed by atoms with van der Waals surface area (Å²) in [5.41, 5.74) is 0.447. The van der Waals surface area contributed by atoms with E-state index in [1.165, 1.54) is 24.3 Å². The van der Waals surface area contributed by atoms with Crippen LogP contribution in [0.5, 0.6) is 11.5 Å². The fourth-order valence-corrected chi connectivity index (χ4v) is 5.76. The first-order valence-electron chi connectivity index (χ1n) is 12.3. The number of ether oxygens (including phenoxy) is 1. The molecule has 12 heteroatoms. The first kappa shape index (κ1) is 28.9. The fraction of sp³-hybridized carbons (Fsp3) is 0.259. The van der Waals surface area contributed by atoms with Gasteiger partial charge in [-0.3, -0.25) is 14.3 Å². The molecule has 1 aliphatic rings. The molecular weight excluding hydrogens is 608 g/mol. The third-order valence-electron chi connectivity index (χ3n) is 6.13. The summed E-state index contributed by atoms with van der Waals surface area (Å²) in [4.78, 5) is 24.5. The van der Waals surface area contributed by atoms with Gasteiger partial charge in [0.15, 0.2) is 5.75 Å². The number of hydrogen-bond acceptors (Lipinski definition) is 6. The average molecular weight is 636 g/mol. The Morgan fingerprint density at radius 2 is 1.69 bits per heavy atom. The summed E-state index contributed by atoms with van der Waals surface area (Å²) in [7, 11) is -4.00. The van der Waals surface area contributed by atoms with Crippen molar-refractivity contribution in [2.45, 2.75) is 17.7 Å². The van der Waals surface area contributed by atoms with Crippen LogP contribution in [-0.2, 0) is 14.8 Å². The van der Waals surface area contributed by atoms with E-state index in [2.05, 4.69) is 36.6 Å². The van der Waals surface area contributed by atoms with Gasteiger partial charge >= 0.3 is 0 Å². The molecule has 3 aromatic carbocycles. The number of piperidine rings is 1. The molecular formula is C27H28BrClN4O5S. The minimum atomic E-state index is -4.00. The molecule has 1 heterocycles. The zero-order valence-corrected chi connectivity index (χ0v) is 24.0. The third kappa shape index (κ3) is 8.18. The van der Waals surface area contributed by atoms with Gasteiger partial charge in [-0.05, 0) is 86.4 Å². The van der Waals surface area contributed by atoms with Crippen LogP contribution in [0, 0.1) is 5.92 Å². The Balaban J connectivity index is 1.35. The van der Waals surface area contributed by atoms with Gasteiger partial charge in [0, 0.05) is 16.6 Å². The van der Waals surface area contributed by atoms with Crippen LogP contribution in [0.2, 0.25) is 5.02 Å². The van der Waals surface area contributed by atoms with Gasteiger partial charge < -0.3 is 20.7 Å². The van der Waals surface area contributed by atoms with E-state index >= 15 is 0 Å². The van der Waals surface area contributed by atoms with Crippen LogP contribution in [0.1, 0.15) is 23.2 Å². The van der Waals surface area contributed by atoms with Gasteiger partial charge in [0.1, 0.15) is 5.75 Å². The summed E-state index contributed by atoms with van der Waals surface area (Å²) in [6.07, 6.45) is 2.02. The summed E-state index contributed by atoms with van der Waals surface area (Å²) in [6, 6.07) is 17.1. The molecule has 1 aliphatic heterocycles. The highest BCUT2D eigenvalue weighted by molar-refractivity contribution is 9.10. The van der Waals surface area contributed by atoms with E-state index in [0.717, 1.165) is 30.4 Å². The Kier molecular flexibility index (Phi) is 9.84. The number of para-hydroxylation sites is 2. The van der Waals surface area contributed by atoms with Gasteiger partial charge in [-0.1, -0.05) is 39.7 Å². The second-order valence-electron chi connectivity index (χ2n) is 8.98. The van der Waals surface area contributed by atoms with Crippen LogP contribution in [0.25, 0.3) is 0 Å². The van der Waals surface area contributed by atoms with Crippen molar-refractivity contribution in [2.24, 2.45) is 5.92 Å². The number of hydrogen-bond donors (Lipinski definition) is 4. The zero-order chi connectivity index (χ0) is 27.8. The lowest BCUT2D eigenvalue weighted by Crippen LogP contribution is -2.40. The molecule has 4 N–H and O–H groups in total. The van der Waals surface area contributed by atoms with E-state index in [1.54, 1.807) is 42.5 Å². The summed E-state index contributed by atoms with van der Waals surface area (Å²) < 4.78 is 35.3. The van der Waals surface area contributed by atoms with Gasteiger partial charge in [0.05, 0.1) is 22.2 Å². The lowest BCUT2D eigenvalue weighted by atomic mass is 9.98.